The van der Waals surface area contributed by atoms with Crippen LogP contribution < -0.4 is 0 Å². The van der Waals surface area contributed by atoms with E-state index in [1.165, 1.54) is 0 Å². The van der Waals surface area contributed by atoms with Gasteiger partial charge in [0, 0.05) is 10.8 Å². The van der Waals surface area contributed by atoms with Crippen molar-refractivity contribution in [2.75, 3.05) is 6.61 Å². The fourth-order valence-corrected chi connectivity index (χ4v) is 7.03. The maximum absolute atomic E-state index is 11.0. The van der Waals surface area contributed by atoms with Gasteiger partial charge in [0.15, 0.2) is 0 Å². The van der Waals surface area contributed by atoms with E-state index in [2.05, 4.69) is 5.92 Å². The van der Waals surface area contributed by atoms with E-state index in [1.54, 1.807) is 6.08 Å². The molecule has 26 heavy (non-hydrogen) atoms. The Bertz CT molecular complexity index is 668. The molecule has 3 saturated carbocycles. The lowest BCUT2D eigenvalue weighted by atomic mass is 9.45. The Labute approximate surface area is 154 Å². The molecule has 0 heterocycles. The molecule has 5 N–H and O–H groups in total. The molecule has 5 heteroatoms. The third-order valence-corrected chi connectivity index (χ3v) is 8.60. The molecule has 4 aliphatic rings. The molecule has 0 aromatic heterocycles. The van der Waals surface area contributed by atoms with Gasteiger partial charge in [-0.2, -0.15) is 0 Å². The van der Waals surface area contributed by atoms with Gasteiger partial charge in [0.2, 0.25) is 0 Å². The minimum absolute atomic E-state index is 0.0165. The van der Waals surface area contributed by atoms with Crippen LogP contribution in [0.5, 0.6) is 0 Å². The van der Waals surface area contributed by atoms with Crippen LogP contribution in [0.1, 0.15) is 45.4 Å². The van der Waals surface area contributed by atoms with Crippen molar-refractivity contribution in [2.45, 2.75) is 69.4 Å². The first kappa shape index (κ1) is 18.5. The second-order valence-electron chi connectivity index (χ2n) is 9.27. The first-order valence-corrected chi connectivity index (χ1v) is 9.81. The molecule has 0 amide bonds. The van der Waals surface area contributed by atoms with Crippen molar-refractivity contribution in [3.63, 3.8) is 0 Å². The normalized spacial score (nSPS) is 56.0. The number of hydrogen-bond donors (Lipinski definition) is 5. The third-order valence-electron chi connectivity index (χ3n) is 8.60. The Morgan fingerprint density at radius 1 is 1.12 bits per heavy atom. The summed E-state index contributed by atoms with van der Waals surface area (Å²) in [4.78, 5) is 0. The maximum atomic E-state index is 11.0. The van der Waals surface area contributed by atoms with E-state index in [4.69, 9.17) is 6.42 Å². The van der Waals surface area contributed by atoms with Crippen molar-refractivity contribution in [3.8, 4) is 12.3 Å². The molecular formula is C21H30O5. The third kappa shape index (κ3) is 2.05. The lowest BCUT2D eigenvalue weighted by Gasteiger charge is -2.60. The Kier molecular flexibility index (Phi) is 4.12. The summed E-state index contributed by atoms with van der Waals surface area (Å²) in [5.74, 6) is 2.61. The van der Waals surface area contributed by atoms with Gasteiger partial charge < -0.3 is 25.5 Å². The topological polar surface area (TPSA) is 101 Å². The summed E-state index contributed by atoms with van der Waals surface area (Å²) >= 11 is 0. The van der Waals surface area contributed by atoms with Crippen LogP contribution in [0.15, 0.2) is 11.6 Å². The lowest BCUT2D eigenvalue weighted by Crippen LogP contribution is -2.60. The molecule has 0 bridgehead atoms. The zero-order valence-corrected chi connectivity index (χ0v) is 15.3. The van der Waals surface area contributed by atoms with E-state index in [9.17, 15) is 25.5 Å². The van der Waals surface area contributed by atoms with E-state index >= 15 is 0 Å². The Hall–Kier alpha value is -0.900. The first-order valence-electron chi connectivity index (χ1n) is 9.81. The summed E-state index contributed by atoms with van der Waals surface area (Å²) < 4.78 is 0. The Morgan fingerprint density at radius 2 is 1.81 bits per heavy atom. The van der Waals surface area contributed by atoms with Gasteiger partial charge in [-0.3, -0.25) is 0 Å². The fourth-order valence-electron chi connectivity index (χ4n) is 7.03. The Morgan fingerprint density at radius 3 is 2.46 bits per heavy atom. The first-order chi connectivity index (χ1) is 12.2. The molecule has 3 fully saturated rings. The highest BCUT2D eigenvalue weighted by molar-refractivity contribution is 5.33. The lowest BCUT2D eigenvalue weighted by molar-refractivity contribution is -0.144. The highest BCUT2D eigenvalue weighted by Crippen LogP contribution is 2.67. The van der Waals surface area contributed by atoms with E-state index in [0.717, 1.165) is 19.3 Å². The SMILES string of the molecule is C#C[C@]1(O)CC[C@H]2[C@@H]3[C@@H](O)C=C4[C@@H](O)[C@@H](O)CC[C@]4(CO)[C@H]3CC[C@@]21C. The Balaban J connectivity index is 1.79. The van der Waals surface area contributed by atoms with Crippen LogP contribution in [0, 0.1) is 40.9 Å². The number of fused-ring (bicyclic) bond motifs is 5. The molecule has 144 valence electrons. The van der Waals surface area contributed by atoms with Crippen LogP contribution in [0.25, 0.3) is 0 Å². The highest BCUT2D eigenvalue weighted by Gasteiger charge is 2.66. The largest absolute Gasteiger partial charge is 0.395 e. The summed E-state index contributed by atoms with van der Waals surface area (Å²) in [5, 5.41) is 53.0. The molecule has 4 aliphatic carbocycles. The monoisotopic (exact) mass is 362 g/mol. The molecule has 0 aliphatic heterocycles. The second kappa shape index (κ2) is 5.80. The van der Waals surface area contributed by atoms with Crippen molar-refractivity contribution >= 4 is 0 Å². The van der Waals surface area contributed by atoms with Crippen molar-refractivity contribution in [2.24, 2.45) is 28.6 Å². The van der Waals surface area contributed by atoms with Crippen LogP contribution in [0.4, 0.5) is 0 Å². The van der Waals surface area contributed by atoms with Gasteiger partial charge in [-0.15, -0.1) is 6.42 Å². The molecule has 5 nitrogen and oxygen atoms in total. The average Bonchev–Trinajstić information content (AvgIpc) is 2.91. The van der Waals surface area contributed by atoms with Gasteiger partial charge in [0.05, 0.1) is 18.8 Å². The predicted molar refractivity (Wildman–Crippen MR) is 95.7 cm³/mol. The molecule has 0 saturated heterocycles. The predicted octanol–water partition coefficient (Wildman–Crippen LogP) is 0.588. The van der Waals surface area contributed by atoms with Crippen LogP contribution in [-0.2, 0) is 0 Å². The van der Waals surface area contributed by atoms with Crippen LogP contribution >= 0.6 is 0 Å². The van der Waals surface area contributed by atoms with E-state index < -0.39 is 34.7 Å². The van der Waals surface area contributed by atoms with Crippen LogP contribution in [-0.4, -0.2) is 56.1 Å². The highest BCUT2D eigenvalue weighted by atomic mass is 16.3. The zero-order chi connectivity index (χ0) is 18.9. The minimum atomic E-state index is -1.15. The molecule has 4 rings (SSSR count). The summed E-state index contributed by atoms with van der Waals surface area (Å²) in [6.07, 6.45) is 8.50. The molecule has 0 radical (unpaired) electrons. The molecule has 0 unspecified atom stereocenters. The van der Waals surface area contributed by atoms with Crippen molar-refractivity contribution < 1.29 is 25.5 Å². The summed E-state index contributed by atoms with van der Waals surface area (Å²) in [6.45, 7) is 1.94. The summed E-state index contributed by atoms with van der Waals surface area (Å²) in [7, 11) is 0. The number of aliphatic hydroxyl groups is 5. The number of terminal acetylenes is 1. The molecule has 9 atom stereocenters. The van der Waals surface area contributed by atoms with Gasteiger partial charge >= 0.3 is 0 Å². The fraction of sp³-hybridized carbons (Fsp3) is 0.810. The van der Waals surface area contributed by atoms with Gasteiger partial charge in [0.25, 0.3) is 0 Å². The minimum Gasteiger partial charge on any atom is -0.395 e. The number of rotatable bonds is 1. The van der Waals surface area contributed by atoms with E-state index in [0.29, 0.717) is 24.8 Å². The van der Waals surface area contributed by atoms with Gasteiger partial charge in [-0.1, -0.05) is 18.9 Å². The van der Waals surface area contributed by atoms with Gasteiger partial charge in [-0.25, -0.2) is 0 Å². The van der Waals surface area contributed by atoms with Crippen LogP contribution in [0.3, 0.4) is 0 Å². The van der Waals surface area contributed by atoms with Crippen molar-refractivity contribution in [1.29, 1.82) is 0 Å². The summed E-state index contributed by atoms with van der Waals surface area (Å²) in [6, 6.07) is 0. The van der Waals surface area contributed by atoms with Gasteiger partial charge in [0.1, 0.15) is 11.7 Å². The van der Waals surface area contributed by atoms with E-state index in [1.807, 2.05) is 6.92 Å². The molecular weight excluding hydrogens is 332 g/mol. The number of hydrogen-bond acceptors (Lipinski definition) is 5. The maximum Gasteiger partial charge on any atom is 0.130 e. The summed E-state index contributed by atoms with van der Waals surface area (Å²) in [5.41, 5.74) is -1.60. The van der Waals surface area contributed by atoms with E-state index in [-0.39, 0.29) is 24.4 Å². The molecule has 0 aromatic carbocycles. The van der Waals surface area contributed by atoms with Crippen molar-refractivity contribution in [3.05, 3.63) is 11.6 Å². The number of aliphatic hydroxyl groups excluding tert-OH is 4. The standard InChI is InChI=1S/C21H30O5/c1-3-21(26)9-5-12-17-13(4-7-19(12,21)2)20(11-22)8-6-15(23)18(25)14(20)10-16(17)24/h1,10,12-13,15-18,22-26H,4-9,11H2,2H3/t12-,13-,15-,16-,17-,18+,19-,20-,21-/m0/s1. The van der Waals surface area contributed by atoms with Gasteiger partial charge in [-0.05, 0) is 61.9 Å². The quantitative estimate of drug-likeness (QED) is 0.347. The van der Waals surface area contributed by atoms with Crippen molar-refractivity contribution in [1.82, 2.24) is 0 Å². The zero-order valence-electron chi connectivity index (χ0n) is 15.3. The molecule has 0 spiro atoms. The second-order valence-corrected chi connectivity index (χ2v) is 9.27. The average molecular weight is 362 g/mol. The smallest absolute Gasteiger partial charge is 0.130 e. The van der Waals surface area contributed by atoms with Crippen LogP contribution in [0.2, 0.25) is 0 Å². The molecule has 0 aromatic rings.